The van der Waals surface area contributed by atoms with Gasteiger partial charge in [-0.15, -0.1) is 19.7 Å². The van der Waals surface area contributed by atoms with Gasteiger partial charge in [-0.3, -0.25) is 4.79 Å². The van der Waals surface area contributed by atoms with Crippen LogP contribution in [0.3, 0.4) is 0 Å². The van der Waals surface area contributed by atoms with Gasteiger partial charge in [0, 0.05) is 23.1 Å². The van der Waals surface area contributed by atoms with E-state index in [2.05, 4.69) is 19.7 Å². The molecule has 0 aromatic heterocycles. The molecule has 2 aliphatic rings. The molecule has 0 fully saturated rings. The number of rotatable bonds is 7. The van der Waals surface area contributed by atoms with Gasteiger partial charge in [0.25, 0.3) is 0 Å². The van der Waals surface area contributed by atoms with Crippen LogP contribution < -0.4 is 4.74 Å². The molecule has 0 spiro atoms. The highest BCUT2D eigenvalue weighted by Crippen LogP contribution is 2.54. The molecule has 0 saturated carbocycles. The van der Waals surface area contributed by atoms with Crippen molar-refractivity contribution >= 4 is 11.4 Å². The van der Waals surface area contributed by atoms with E-state index in [4.69, 9.17) is 4.74 Å². The summed E-state index contributed by atoms with van der Waals surface area (Å²) in [6, 6.07) is 10.8. The van der Waals surface area contributed by atoms with Crippen LogP contribution in [0.25, 0.3) is 5.57 Å². The van der Waals surface area contributed by atoms with Crippen molar-refractivity contribution in [3.05, 3.63) is 103 Å². The second kappa shape index (κ2) is 7.71. The molecular formula is C27H26O4. The van der Waals surface area contributed by atoms with Crippen LogP contribution in [0.4, 0.5) is 0 Å². The Kier molecular flexibility index (Phi) is 5.19. The Morgan fingerprint density at radius 2 is 1.68 bits per heavy atom. The highest BCUT2D eigenvalue weighted by Gasteiger charge is 2.56. The number of aliphatic hydroxyl groups is 1. The standard InChI is InChI=1S/C27H26O4/c1-4-7-18-9-11-23(28)20(14-18)21-16-27(30)17-26(13-6-3,25(21)29)22-15-19(8-5-2)10-12-24(22)31-27/h4-6,9-12,14-16,28,30H,1-3,7-8,13,17H2/t26-,27+/m1/s1. The van der Waals surface area contributed by atoms with Crippen LogP contribution in [0.5, 0.6) is 11.5 Å². The Labute approximate surface area is 182 Å². The molecule has 1 heterocycles. The van der Waals surface area contributed by atoms with Crippen molar-refractivity contribution < 1.29 is 19.7 Å². The average molecular weight is 415 g/mol. The highest BCUT2D eigenvalue weighted by molar-refractivity contribution is 6.27. The lowest BCUT2D eigenvalue weighted by Crippen LogP contribution is -2.54. The number of fused-ring (bicyclic) bond motifs is 4. The SMILES string of the molecule is C=CCc1ccc(O)c(C2=C[C@@]3(O)C[C@@](CC=C)(C2=O)c2cc(CC=C)ccc2O3)c1. The molecule has 1 aliphatic carbocycles. The third kappa shape index (κ3) is 3.43. The number of hydrogen-bond donors (Lipinski definition) is 2. The van der Waals surface area contributed by atoms with Gasteiger partial charge in [-0.2, -0.15) is 0 Å². The molecule has 0 radical (unpaired) electrons. The minimum Gasteiger partial charge on any atom is -0.507 e. The Bertz CT molecular complexity index is 1130. The van der Waals surface area contributed by atoms with Crippen molar-refractivity contribution in [2.45, 2.75) is 36.9 Å². The summed E-state index contributed by atoms with van der Waals surface area (Å²) < 4.78 is 5.98. The summed E-state index contributed by atoms with van der Waals surface area (Å²) >= 11 is 0. The van der Waals surface area contributed by atoms with E-state index in [1.807, 2.05) is 12.1 Å². The first-order chi connectivity index (χ1) is 14.9. The molecule has 4 rings (SSSR count). The van der Waals surface area contributed by atoms with Gasteiger partial charge in [-0.25, -0.2) is 0 Å². The Morgan fingerprint density at radius 1 is 1.00 bits per heavy atom. The Balaban J connectivity index is 1.93. The molecule has 2 atom stereocenters. The molecule has 0 unspecified atom stereocenters. The van der Waals surface area contributed by atoms with Crippen molar-refractivity contribution in [2.75, 3.05) is 0 Å². The van der Waals surface area contributed by atoms with Crippen LogP contribution >= 0.6 is 0 Å². The van der Waals surface area contributed by atoms with Crippen molar-refractivity contribution in [3.63, 3.8) is 0 Å². The molecule has 2 bridgehead atoms. The summed E-state index contributed by atoms with van der Waals surface area (Å²) in [6.07, 6.45) is 8.38. The predicted octanol–water partition coefficient (Wildman–Crippen LogP) is 4.80. The number of allylic oxidation sites excluding steroid dienone is 4. The quantitative estimate of drug-likeness (QED) is 0.639. The summed E-state index contributed by atoms with van der Waals surface area (Å²) in [7, 11) is 0. The van der Waals surface area contributed by atoms with E-state index in [0.717, 1.165) is 16.7 Å². The zero-order chi connectivity index (χ0) is 22.2. The highest BCUT2D eigenvalue weighted by atomic mass is 16.6. The van der Waals surface area contributed by atoms with E-state index in [9.17, 15) is 15.0 Å². The van der Waals surface area contributed by atoms with Gasteiger partial charge in [-0.1, -0.05) is 36.4 Å². The molecule has 158 valence electrons. The van der Waals surface area contributed by atoms with Crippen LogP contribution in [-0.2, 0) is 23.1 Å². The van der Waals surface area contributed by atoms with E-state index in [1.165, 1.54) is 6.08 Å². The first-order valence-electron chi connectivity index (χ1n) is 10.3. The number of phenols is 1. The summed E-state index contributed by atoms with van der Waals surface area (Å²) in [5.74, 6) is -1.37. The van der Waals surface area contributed by atoms with Gasteiger partial charge in [0.15, 0.2) is 5.78 Å². The van der Waals surface area contributed by atoms with E-state index >= 15 is 0 Å². The van der Waals surface area contributed by atoms with Gasteiger partial charge < -0.3 is 14.9 Å². The molecule has 4 nitrogen and oxygen atoms in total. The van der Waals surface area contributed by atoms with Crippen LogP contribution in [0.1, 0.15) is 35.1 Å². The monoisotopic (exact) mass is 414 g/mol. The molecule has 4 heteroatoms. The topological polar surface area (TPSA) is 66.8 Å². The van der Waals surface area contributed by atoms with E-state index in [1.54, 1.807) is 42.5 Å². The van der Waals surface area contributed by atoms with Crippen molar-refractivity contribution in [3.8, 4) is 11.5 Å². The summed E-state index contributed by atoms with van der Waals surface area (Å²) in [5.41, 5.74) is 2.24. The Morgan fingerprint density at radius 3 is 2.35 bits per heavy atom. The van der Waals surface area contributed by atoms with E-state index in [0.29, 0.717) is 30.6 Å². The fraction of sp³-hybridized carbons (Fsp3) is 0.222. The second-order valence-electron chi connectivity index (χ2n) is 8.25. The molecule has 31 heavy (non-hydrogen) atoms. The molecule has 2 aromatic carbocycles. The van der Waals surface area contributed by atoms with Crippen LogP contribution in [0.2, 0.25) is 0 Å². The van der Waals surface area contributed by atoms with E-state index in [-0.39, 0.29) is 23.5 Å². The fourth-order valence-electron chi connectivity index (χ4n) is 4.73. The number of phenolic OH excluding ortho intramolecular Hbond substituents is 1. The largest absolute Gasteiger partial charge is 0.507 e. The maximum Gasteiger partial charge on any atom is 0.230 e. The van der Waals surface area contributed by atoms with Gasteiger partial charge in [-0.05, 0) is 54.7 Å². The smallest absolute Gasteiger partial charge is 0.230 e. The fourth-order valence-corrected chi connectivity index (χ4v) is 4.73. The first-order valence-corrected chi connectivity index (χ1v) is 10.3. The lowest BCUT2D eigenvalue weighted by Gasteiger charge is -2.47. The van der Waals surface area contributed by atoms with Gasteiger partial charge >= 0.3 is 0 Å². The average Bonchev–Trinajstić information content (AvgIpc) is 2.73. The number of carbonyl (C=O) groups is 1. The van der Waals surface area contributed by atoms with Crippen LogP contribution in [0.15, 0.2) is 80.4 Å². The Hall–Kier alpha value is -3.37. The van der Waals surface area contributed by atoms with E-state index < -0.39 is 11.2 Å². The van der Waals surface area contributed by atoms with Crippen LogP contribution in [-0.4, -0.2) is 21.8 Å². The summed E-state index contributed by atoms with van der Waals surface area (Å²) in [6.45, 7) is 11.4. The van der Waals surface area contributed by atoms with Gasteiger partial charge in [0.1, 0.15) is 11.5 Å². The third-order valence-electron chi connectivity index (χ3n) is 6.05. The number of aromatic hydroxyl groups is 1. The number of benzene rings is 2. The third-order valence-corrected chi connectivity index (χ3v) is 6.05. The van der Waals surface area contributed by atoms with Crippen LogP contribution in [0, 0.1) is 0 Å². The maximum absolute atomic E-state index is 14.0. The minimum absolute atomic E-state index is 0.0228. The van der Waals surface area contributed by atoms with Crippen molar-refractivity contribution in [1.29, 1.82) is 0 Å². The van der Waals surface area contributed by atoms with Gasteiger partial charge in [0.05, 0.1) is 5.41 Å². The lowest BCUT2D eigenvalue weighted by atomic mass is 9.62. The van der Waals surface area contributed by atoms with Crippen molar-refractivity contribution in [2.24, 2.45) is 0 Å². The number of Topliss-reactive ketones (excluding diaryl/α,β-unsaturated/α-hetero) is 1. The molecule has 2 N–H and O–H groups in total. The number of ether oxygens (including phenoxy) is 1. The number of carbonyl (C=O) groups excluding carboxylic acids is 1. The molecular weight excluding hydrogens is 388 g/mol. The predicted molar refractivity (Wildman–Crippen MR) is 122 cm³/mol. The number of ketones is 1. The molecule has 2 aromatic rings. The molecule has 1 aliphatic heterocycles. The molecule has 0 amide bonds. The first kappa shape index (κ1) is 20.9. The second-order valence-corrected chi connectivity index (χ2v) is 8.25. The van der Waals surface area contributed by atoms with Gasteiger partial charge in [0.2, 0.25) is 5.79 Å². The zero-order valence-electron chi connectivity index (χ0n) is 17.4. The normalized spacial score (nSPS) is 23.9. The minimum atomic E-state index is -1.67. The zero-order valence-corrected chi connectivity index (χ0v) is 17.4. The van der Waals surface area contributed by atoms with Crippen molar-refractivity contribution in [1.82, 2.24) is 0 Å². The summed E-state index contributed by atoms with van der Waals surface area (Å²) in [4.78, 5) is 14.0. The molecule has 0 saturated heterocycles. The maximum atomic E-state index is 14.0. The lowest BCUT2D eigenvalue weighted by molar-refractivity contribution is -0.147. The number of hydrogen-bond acceptors (Lipinski definition) is 4. The summed E-state index contributed by atoms with van der Waals surface area (Å²) in [5, 5.41) is 21.9.